The van der Waals surface area contributed by atoms with Crippen LogP contribution < -0.4 is 14.5 Å². The summed E-state index contributed by atoms with van der Waals surface area (Å²) in [5.74, 6) is -0.503. The van der Waals surface area contributed by atoms with Crippen LogP contribution in [0.2, 0.25) is 5.02 Å². The standard InChI is InChI=1S/C26H24ClN3O5S/c1-2-35-25(31)19-9-5-10-22-20(19)16-29(26(32)28-22)24-15-18(12-13-21(24)27)36(33,34)30-14-6-8-17-7-3-4-11-23(17)30/h3-5,7,9-13,15H,2,6,8,14,16H2,1H3,(H,28,32). The summed E-state index contributed by atoms with van der Waals surface area (Å²) in [4.78, 5) is 26.9. The van der Waals surface area contributed by atoms with Gasteiger partial charge >= 0.3 is 12.0 Å². The number of carbonyl (C=O) groups is 2. The monoisotopic (exact) mass is 525 g/mol. The fraction of sp³-hybridized carbons (Fsp3) is 0.231. The van der Waals surface area contributed by atoms with Gasteiger partial charge < -0.3 is 10.1 Å². The SMILES string of the molecule is CCOC(=O)c1cccc2c1CN(c1cc(S(=O)(=O)N3CCCc4ccccc43)ccc1Cl)C(=O)N2. The molecule has 0 saturated heterocycles. The molecule has 0 saturated carbocycles. The molecule has 10 heteroatoms. The molecule has 0 radical (unpaired) electrons. The predicted molar refractivity (Wildman–Crippen MR) is 138 cm³/mol. The number of amides is 2. The van der Waals surface area contributed by atoms with Crippen molar-refractivity contribution >= 4 is 50.7 Å². The summed E-state index contributed by atoms with van der Waals surface area (Å²) in [6.07, 6.45) is 1.52. The van der Waals surface area contributed by atoms with Gasteiger partial charge in [0.25, 0.3) is 10.0 Å². The van der Waals surface area contributed by atoms with E-state index in [1.165, 1.54) is 27.4 Å². The molecule has 2 aliphatic rings. The number of sulfonamides is 1. The second kappa shape index (κ2) is 9.48. The summed E-state index contributed by atoms with van der Waals surface area (Å²) >= 11 is 6.47. The fourth-order valence-corrected chi connectivity index (χ4v) is 6.40. The number of hydrogen-bond acceptors (Lipinski definition) is 5. The van der Waals surface area contributed by atoms with E-state index in [4.69, 9.17) is 16.3 Å². The van der Waals surface area contributed by atoms with Gasteiger partial charge in [0.1, 0.15) is 0 Å². The Balaban J connectivity index is 1.54. The number of aryl methyl sites for hydroxylation is 1. The second-order valence-electron chi connectivity index (χ2n) is 8.49. The molecule has 0 bridgehead atoms. The summed E-state index contributed by atoms with van der Waals surface area (Å²) < 4.78 is 34.0. The minimum absolute atomic E-state index is 0.0198. The van der Waals surface area contributed by atoms with Crippen LogP contribution in [0.5, 0.6) is 0 Å². The molecule has 0 atom stereocenters. The highest BCUT2D eigenvalue weighted by Gasteiger charge is 2.33. The van der Waals surface area contributed by atoms with Gasteiger partial charge in [0.2, 0.25) is 0 Å². The Morgan fingerprint density at radius 2 is 1.89 bits per heavy atom. The first-order valence-electron chi connectivity index (χ1n) is 11.6. The lowest BCUT2D eigenvalue weighted by atomic mass is 10.0. The lowest BCUT2D eigenvalue weighted by Crippen LogP contribution is -2.40. The van der Waals surface area contributed by atoms with Crippen molar-refractivity contribution in [3.63, 3.8) is 0 Å². The zero-order chi connectivity index (χ0) is 25.4. The molecule has 8 nitrogen and oxygen atoms in total. The third kappa shape index (κ3) is 4.18. The highest BCUT2D eigenvalue weighted by Crippen LogP contribution is 2.37. The van der Waals surface area contributed by atoms with Crippen molar-refractivity contribution in [1.82, 2.24) is 0 Å². The summed E-state index contributed by atoms with van der Waals surface area (Å²) in [5.41, 5.74) is 3.23. The number of urea groups is 1. The molecule has 2 aliphatic heterocycles. The minimum Gasteiger partial charge on any atom is -0.462 e. The number of carbonyl (C=O) groups excluding carboxylic acids is 2. The first-order chi connectivity index (χ1) is 17.3. The van der Waals surface area contributed by atoms with Crippen LogP contribution in [-0.4, -0.2) is 33.6 Å². The molecule has 186 valence electrons. The average molecular weight is 526 g/mol. The Bertz CT molecular complexity index is 1470. The normalized spacial score (nSPS) is 15.1. The second-order valence-corrected chi connectivity index (χ2v) is 10.8. The van der Waals surface area contributed by atoms with E-state index in [2.05, 4.69) is 5.32 Å². The predicted octanol–water partition coefficient (Wildman–Crippen LogP) is 5.21. The van der Waals surface area contributed by atoms with Crippen LogP contribution in [0.3, 0.4) is 0 Å². The first-order valence-corrected chi connectivity index (χ1v) is 13.4. The van der Waals surface area contributed by atoms with Crippen molar-refractivity contribution in [1.29, 1.82) is 0 Å². The van der Waals surface area contributed by atoms with E-state index < -0.39 is 22.0 Å². The maximum atomic E-state index is 13.7. The third-order valence-electron chi connectivity index (χ3n) is 6.34. The quantitative estimate of drug-likeness (QED) is 0.461. The van der Waals surface area contributed by atoms with Crippen LogP contribution in [0.25, 0.3) is 0 Å². The maximum absolute atomic E-state index is 13.7. The van der Waals surface area contributed by atoms with Crippen molar-refractivity contribution in [2.45, 2.75) is 31.2 Å². The highest BCUT2D eigenvalue weighted by atomic mass is 35.5. The number of fused-ring (bicyclic) bond motifs is 2. The van der Waals surface area contributed by atoms with E-state index in [9.17, 15) is 18.0 Å². The smallest absolute Gasteiger partial charge is 0.338 e. The third-order valence-corrected chi connectivity index (χ3v) is 8.47. The lowest BCUT2D eigenvalue weighted by molar-refractivity contribution is 0.0525. The fourth-order valence-electron chi connectivity index (χ4n) is 4.62. The molecule has 36 heavy (non-hydrogen) atoms. The molecular formula is C26H24ClN3O5S. The number of halogens is 1. The Morgan fingerprint density at radius 1 is 1.08 bits per heavy atom. The Morgan fingerprint density at radius 3 is 2.69 bits per heavy atom. The maximum Gasteiger partial charge on any atom is 0.338 e. The minimum atomic E-state index is -3.92. The van der Waals surface area contributed by atoms with Crippen LogP contribution in [0.1, 0.15) is 34.8 Å². The number of hydrogen-bond donors (Lipinski definition) is 1. The van der Waals surface area contributed by atoms with Gasteiger partial charge in [-0.15, -0.1) is 0 Å². The van der Waals surface area contributed by atoms with Gasteiger partial charge in [0, 0.05) is 17.8 Å². The first kappa shape index (κ1) is 24.1. The molecule has 0 unspecified atom stereocenters. The Labute approximate surface area is 214 Å². The van der Waals surface area contributed by atoms with E-state index in [-0.39, 0.29) is 28.8 Å². The summed E-state index contributed by atoms with van der Waals surface area (Å²) in [6.45, 7) is 2.31. The molecule has 0 spiro atoms. The van der Waals surface area contributed by atoms with Gasteiger partial charge in [0.05, 0.1) is 40.0 Å². The molecule has 0 aliphatic carbocycles. The van der Waals surface area contributed by atoms with Gasteiger partial charge in [0.15, 0.2) is 0 Å². The molecule has 2 amide bonds. The summed E-state index contributed by atoms with van der Waals surface area (Å²) in [5, 5.41) is 2.98. The summed E-state index contributed by atoms with van der Waals surface area (Å²) in [7, 11) is -3.92. The van der Waals surface area contributed by atoms with Gasteiger partial charge in [-0.1, -0.05) is 35.9 Å². The lowest BCUT2D eigenvalue weighted by Gasteiger charge is -2.32. The molecule has 3 aromatic rings. The number of rotatable bonds is 5. The van der Waals surface area contributed by atoms with E-state index in [0.717, 1.165) is 12.0 Å². The zero-order valence-electron chi connectivity index (χ0n) is 19.5. The average Bonchev–Trinajstić information content (AvgIpc) is 2.88. The number of nitrogens with one attached hydrogen (secondary N) is 1. The molecule has 2 heterocycles. The summed E-state index contributed by atoms with van der Waals surface area (Å²) in [6, 6.07) is 16.3. The van der Waals surface area contributed by atoms with E-state index in [1.54, 1.807) is 31.2 Å². The molecular weight excluding hydrogens is 502 g/mol. The topological polar surface area (TPSA) is 96.0 Å². The molecule has 1 N–H and O–H groups in total. The largest absolute Gasteiger partial charge is 0.462 e. The van der Waals surface area contributed by atoms with E-state index >= 15 is 0 Å². The van der Waals surface area contributed by atoms with Crippen molar-refractivity contribution in [2.24, 2.45) is 0 Å². The van der Waals surface area contributed by atoms with Crippen LogP contribution in [0, 0.1) is 0 Å². The number of benzene rings is 3. The van der Waals surface area contributed by atoms with E-state index in [0.29, 0.717) is 35.5 Å². The number of anilines is 3. The number of ether oxygens (including phenoxy) is 1. The van der Waals surface area contributed by atoms with Crippen LogP contribution in [-0.2, 0) is 27.7 Å². The zero-order valence-corrected chi connectivity index (χ0v) is 21.1. The highest BCUT2D eigenvalue weighted by molar-refractivity contribution is 7.92. The van der Waals surface area contributed by atoms with Crippen LogP contribution >= 0.6 is 11.6 Å². The van der Waals surface area contributed by atoms with Gasteiger partial charge in [-0.3, -0.25) is 9.21 Å². The number of nitrogens with zero attached hydrogens (tertiary/aromatic N) is 2. The van der Waals surface area contributed by atoms with Crippen LogP contribution in [0.15, 0.2) is 65.6 Å². The molecule has 3 aromatic carbocycles. The van der Waals surface area contributed by atoms with Gasteiger partial charge in [-0.2, -0.15) is 0 Å². The van der Waals surface area contributed by atoms with Gasteiger partial charge in [-0.05, 0) is 61.7 Å². The molecule has 0 fully saturated rings. The number of esters is 1. The Hall–Kier alpha value is -3.56. The molecule has 5 rings (SSSR count). The van der Waals surface area contributed by atoms with Crippen molar-refractivity contribution in [3.05, 3.63) is 82.4 Å². The number of para-hydroxylation sites is 1. The van der Waals surface area contributed by atoms with Crippen molar-refractivity contribution in [3.8, 4) is 0 Å². The van der Waals surface area contributed by atoms with Gasteiger partial charge in [-0.25, -0.2) is 18.0 Å². The van der Waals surface area contributed by atoms with Crippen molar-refractivity contribution in [2.75, 3.05) is 27.7 Å². The molecule has 0 aromatic heterocycles. The Kier molecular flexibility index (Phi) is 6.36. The van der Waals surface area contributed by atoms with E-state index in [1.807, 2.05) is 18.2 Å². The van der Waals surface area contributed by atoms with Crippen molar-refractivity contribution < 1.29 is 22.7 Å². The van der Waals surface area contributed by atoms with Crippen LogP contribution in [0.4, 0.5) is 21.9 Å².